The van der Waals surface area contributed by atoms with Crippen LogP contribution in [0.15, 0.2) is 42.7 Å². The highest BCUT2D eigenvalue weighted by atomic mass is 16.2. The maximum atomic E-state index is 13.1. The predicted molar refractivity (Wildman–Crippen MR) is 112 cm³/mol. The van der Waals surface area contributed by atoms with Gasteiger partial charge in [-0.1, -0.05) is 12.1 Å². The SMILES string of the molecule is Cc1cc2nc(C3CCCN3C(=O)Cc3ccc(-n4cnnn4)cc3)[nH]c2cc1C. The molecule has 1 fully saturated rings. The molecular weight excluding hydrogens is 378 g/mol. The molecule has 30 heavy (non-hydrogen) atoms. The van der Waals surface area contributed by atoms with E-state index in [2.05, 4.69) is 46.5 Å². The van der Waals surface area contributed by atoms with E-state index in [0.29, 0.717) is 6.42 Å². The van der Waals surface area contributed by atoms with E-state index in [9.17, 15) is 4.79 Å². The number of H-pyrrole nitrogens is 1. The highest BCUT2D eigenvalue weighted by Crippen LogP contribution is 2.32. The number of carbonyl (C=O) groups excluding carboxylic acids is 1. The van der Waals surface area contributed by atoms with Crippen LogP contribution in [-0.2, 0) is 11.2 Å². The van der Waals surface area contributed by atoms with Gasteiger partial charge in [-0.25, -0.2) is 9.67 Å². The molecule has 8 nitrogen and oxygen atoms in total. The number of aromatic amines is 1. The standard InChI is InChI=1S/C22H23N7O/c1-14-10-18-19(11-15(14)2)25-22(24-18)20-4-3-9-28(20)21(30)12-16-5-7-17(8-6-16)29-13-23-26-27-29/h5-8,10-11,13,20H,3-4,9,12H2,1-2H3,(H,24,25). The minimum Gasteiger partial charge on any atom is -0.340 e. The number of tetrazole rings is 1. The first-order valence-corrected chi connectivity index (χ1v) is 10.2. The molecule has 1 N–H and O–H groups in total. The number of aryl methyl sites for hydroxylation is 2. The monoisotopic (exact) mass is 401 g/mol. The van der Waals surface area contributed by atoms with Crippen LogP contribution >= 0.6 is 0 Å². The summed E-state index contributed by atoms with van der Waals surface area (Å²) in [5, 5.41) is 11.2. The summed E-state index contributed by atoms with van der Waals surface area (Å²) in [6.45, 7) is 4.96. The molecule has 2 aromatic carbocycles. The number of rotatable bonds is 4. The van der Waals surface area contributed by atoms with Gasteiger partial charge in [-0.05, 0) is 78.1 Å². The Balaban J connectivity index is 1.34. The van der Waals surface area contributed by atoms with Gasteiger partial charge in [0.2, 0.25) is 5.91 Å². The molecule has 152 valence electrons. The number of carbonyl (C=O) groups is 1. The number of fused-ring (bicyclic) bond motifs is 1. The van der Waals surface area contributed by atoms with Crippen molar-refractivity contribution in [2.24, 2.45) is 0 Å². The van der Waals surface area contributed by atoms with E-state index in [1.165, 1.54) is 11.1 Å². The van der Waals surface area contributed by atoms with E-state index in [4.69, 9.17) is 4.98 Å². The molecule has 0 radical (unpaired) electrons. The lowest BCUT2D eigenvalue weighted by Crippen LogP contribution is -2.32. The predicted octanol–water partition coefficient (Wildman–Crippen LogP) is 3.06. The number of nitrogens with zero attached hydrogens (tertiary/aromatic N) is 6. The number of nitrogens with one attached hydrogen (secondary N) is 1. The Hall–Kier alpha value is -3.55. The van der Waals surface area contributed by atoms with Gasteiger partial charge in [-0.3, -0.25) is 4.79 Å². The molecule has 0 bridgehead atoms. The van der Waals surface area contributed by atoms with Gasteiger partial charge in [0, 0.05) is 6.54 Å². The Kier molecular flexibility index (Phi) is 4.54. The van der Waals surface area contributed by atoms with E-state index >= 15 is 0 Å². The van der Waals surface area contributed by atoms with Crippen LogP contribution in [0.2, 0.25) is 0 Å². The summed E-state index contributed by atoms with van der Waals surface area (Å²) in [4.78, 5) is 23.3. The molecule has 0 saturated carbocycles. The zero-order chi connectivity index (χ0) is 20.7. The molecule has 8 heteroatoms. The molecule has 1 aliphatic heterocycles. The number of likely N-dealkylation sites (tertiary alicyclic amines) is 1. The van der Waals surface area contributed by atoms with E-state index in [1.807, 2.05) is 29.2 Å². The van der Waals surface area contributed by atoms with Crippen LogP contribution in [0.5, 0.6) is 0 Å². The summed E-state index contributed by atoms with van der Waals surface area (Å²) in [6.07, 6.45) is 3.83. The highest BCUT2D eigenvalue weighted by Gasteiger charge is 2.32. The van der Waals surface area contributed by atoms with Gasteiger partial charge in [0.05, 0.1) is 29.2 Å². The van der Waals surface area contributed by atoms with Gasteiger partial charge >= 0.3 is 0 Å². The quantitative estimate of drug-likeness (QED) is 0.567. The first-order valence-electron chi connectivity index (χ1n) is 10.2. The average molecular weight is 401 g/mol. The fraction of sp³-hybridized carbons (Fsp3) is 0.318. The van der Waals surface area contributed by atoms with Crippen molar-refractivity contribution in [1.82, 2.24) is 35.1 Å². The van der Waals surface area contributed by atoms with Crippen molar-refractivity contribution in [1.29, 1.82) is 0 Å². The number of amides is 1. The topological polar surface area (TPSA) is 92.6 Å². The molecule has 1 amide bonds. The van der Waals surface area contributed by atoms with Crippen molar-refractivity contribution in [2.75, 3.05) is 6.54 Å². The molecule has 1 saturated heterocycles. The largest absolute Gasteiger partial charge is 0.340 e. The van der Waals surface area contributed by atoms with Crippen molar-refractivity contribution in [3.05, 3.63) is 65.2 Å². The van der Waals surface area contributed by atoms with Crippen molar-refractivity contribution in [2.45, 2.75) is 39.2 Å². The Labute approximate surface area is 173 Å². The van der Waals surface area contributed by atoms with Crippen LogP contribution in [0.1, 0.15) is 41.4 Å². The summed E-state index contributed by atoms with van der Waals surface area (Å²) >= 11 is 0. The minimum absolute atomic E-state index is 0.00556. The Bertz CT molecular complexity index is 1160. The van der Waals surface area contributed by atoms with Gasteiger partial charge in [0.15, 0.2) is 0 Å². The second kappa shape index (κ2) is 7.37. The third-order valence-electron chi connectivity index (χ3n) is 5.91. The summed E-state index contributed by atoms with van der Waals surface area (Å²) < 4.78 is 1.59. The van der Waals surface area contributed by atoms with E-state index in [0.717, 1.165) is 47.5 Å². The fourth-order valence-electron chi connectivity index (χ4n) is 4.12. The molecule has 2 aromatic heterocycles. The van der Waals surface area contributed by atoms with Crippen molar-refractivity contribution < 1.29 is 4.79 Å². The maximum absolute atomic E-state index is 13.1. The first-order chi connectivity index (χ1) is 14.6. The second-order valence-corrected chi connectivity index (χ2v) is 7.92. The van der Waals surface area contributed by atoms with Gasteiger partial charge in [0.25, 0.3) is 0 Å². The van der Waals surface area contributed by atoms with Crippen LogP contribution in [0, 0.1) is 13.8 Å². The molecule has 5 rings (SSSR count). The molecule has 1 atom stereocenters. The van der Waals surface area contributed by atoms with Crippen molar-refractivity contribution in [3.8, 4) is 5.69 Å². The van der Waals surface area contributed by atoms with Crippen molar-refractivity contribution >= 4 is 16.9 Å². The summed E-state index contributed by atoms with van der Waals surface area (Å²) in [7, 11) is 0. The average Bonchev–Trinajstić information content (AvgIpc) is 3.49. The molecule has 3 heterocycles. The first kappa shape index (κ1) is 18.5. The van der Waals surface area contributed by atoms with Crippen LogP contribution in [0.4, 0.5) is 0 Å². The molecule has 1 unspecified atom stereocenters. The van der Waals surface area contributed by atoms with E-state index in [-0.39, 0.29) is 11.9 Å². The lowest BCUT2D eigenvalue weighted by atomic mass is 10.1. The minimum atomic E-state index is 0.00556. The Morgan fingerprint density at radius 3 is 2.73 bits per heavy atom. The van der Waals surface area contributed by atoms with Gasteiger partial charge in [0.1, 0.15) is 12.2 Å². The second-order valence-electron chi connectivity index (χ2n) is 7.92. The van der Waals surface area contributed by atoms with Gasteiger partial charge < -0.3 is 9.88 Å². The zero-order valence-corrected chi connectivity index (χ0v) is 17.0. The number of hydrogen-bond acceptors (Lipinski definition) is 5. The smallest absolute Gasteiger partial charge is 0.227 e. The van der Waals surface area contributed by atoms with Crippen LogP contribution in [0.25, 0.3) is 16.7 Å². The maximum Gasteiger partial charge on any atom is 0.227 e. The van der Waals surface area contributed by atoms with Crippen LogP contribution in [0.3, 0.4) is 0 Å². The third kappa shape index (κ3) is 3.34. The zero-order valence-electron chi connectivity index (χ0n) is 17.0. The summed E-state index contributed by atoms with van der Waals surface area (Å²) in [5.41, 5.74) is 6.30. The molecule has 0 aliphatic carbocycles. The lowest BCUT2D eigenvalue weighted by molar-refractivity contribution is -0.131. The Morgan fingerprint density at radius 1 is 1.17 bits per heavy atom. The molecular formula is C22H23N7O. The van der Waals surface area contributed by atoms with Gasteiger partial charge in [-0.15, -0.1) is 5.10 Å². The normalized spacial score (nSPS) is 16.5. The third-order valence-corrected chi connectivity index (χ3v) is 5.91. The van der Waals surface area contributed by atoms with Crippen LogP contribution < -0.4 is 0 Å². The highest BCUT2D eigenvalue weighted by molar-refractivity contribution is 5.80. The van der Waals surface area contributed by atoms with Crippen molar-refractivity contribution in [3.63, 3.8) is 0 Å². The summed E-state index contributed by atoms with van der Waals surface area (Å²) in [5.74, 6) is 1.01. The van der Waals surface area contributed by atoms with Crippen LogP contribution in [-0.4, -0.2) is 47.5 Å². The van der Waals surface area contributed by atoms with E-state index in [1.54, 1.807) is 11.0 Å². The number of benzene rings is 2. The lowest BCUT2D eigenvalue weighted by Gasteiger charge is -2.23. The molecule has 0 spiro atoms. The summed E-state index contributed by atoms with van der Waals surface area (Å²) in [6, 6.07) is 12.0. The Morgan fingerprint density at radius 2 is 1.97 bits per heavy atom. The van der Waals surface area contributed by atoms with E-state index < -0.39 is 0 Å². The molecule has 1 aliphatic rings. The molecule has 4 aromatic rings. The van der Waals surface area contributed by atoms with Gasteiger partial charge in [-0.2, -0.15) is 0 Å². The number of imidazole rings is 1. The number of hydrogen-bond donors (Lipinski definition) is 1. The fourth-order valence-corrected chi connectivity index (χ4v) is 4.12. The number of aromatic nitrogens is 6.